The van der Waals surface area contributed by atoms with Crippen LogP contribution in [-0.4, -0.2) is 22.0 Å². The number of amides is 2. The molecule has 0 saturated heterocycles. The van der Waals surface area contributed by atoms with Gasteiger partial charge in [0.1, 0.15) is 5.38 Å². The highest BCUT2D eigenvalue weighted by molar-refractivity contribution is 6.27. The summed E-state index contributed by atoms with van der Waals surface area (Å²) < 4.78 is 0. The van der Waals surface area contributed by atoms with Crippen molar-refractivity contribution in [1.29, 1.82) is 0 Å². The molecule has 1 aliphatic carbocycles. The van der Waals surface area contributed by atoms with Crippen LogP contribution in [0.1, 0.15) is 0 Å². The van der Waals surface area contributed by atoms with Crippen LogP contribution in [0.3, 0.4) is 0 Å². The zero-order valence-corrected chi connectivity index (χ0v) is 7.49. The molecule has 14 heavy (non-hydrogen) atoms. The van der Waals surface area contributed by atoms with E-state index < -0.39 is 16.3 Å². The van der Waals surface area contributed by atoms with Crippen molar-refractivity contribution >= 4 is 23.3 Å². The molecular weight excluding hydrogens is 210 g/mol. The molecule has 1 atom stereocenters. The van der Waals surface area contributed by atoms with Crippen LogP contribution in [-0.2, 0) is 0 Å². The Bertz CT molecular complexity index is 424. The molecule has 0 aromatic heterocycles. The monoisotopic (exact) mass is 213 g/mol. The van der Waals surface area contributed by atoms with Gasteiger partial charge in [-0.15, -0.1) is 11.6 Å². The first-order valence-corrected chi connectivity index (χ1v) is 4.13. The summed E-state index contributed by atoms with van der Waals surface area (Å²) in [7, 11) is 0. The topological polar surface area (TPSA) is 84.6 Å². The molecule has 0 aromatic rings. The molecule has 1 unspecified atom stereocenters. The smallest absolute Gasteiger partial charge is 0.304 e. The number of nitrogens with zero attached hydrogens (tertiary/aromatic N) is 2. The molecule has 1 heterocycles. The zero-order chi connectivity index (χ0) is 10.3. The standard InChI is InChI=1S/C7H4ClN3O3/c8-3-1-4-5(10-7(12)9-4)2-6(3)11(13)14/h1-3H,(H,9,12). The number of rotatable bonds is 1. The molecule has 7 heteroatoms. The van der Waals surface area contributed by atoms with Gasteiger partial charge in [0.05, 0.1) is 16.3 Å². The molecule has 2 rings (SSSR count). The largest absolute Gasteiger partial charge is 0.346 e. The number of aliphatic imine (C=N–C) groups is 1. The number of halogens is 1. The average Bonchev–Trinajstić information content (AvgIpc) is 2.42. The number of hydrogen-bond donors (Lipinski definition) is 1. The number of nitro groups is 1. The van der Waals surface area contributed by atoms with Crippen LogP contribution in [0.4, 0.5) is 4.79 Å². The predicted molar refractivity (Wildman–Crippen MR) is 48.8 cm³/mol. The van der Waals surface area contributed by atoms with E-state index in [-0.39, 0.29) is 11.4 Å². The molecule has 0 radical (unpaired) electrons. The number of carbonyl (C=O) groups is 1. The number of allylic oxidation sites excluding steroid dienone is 2. The molecule has 72 valence electrons. The van der Waals surface area contributed by atoms with Crippen molar-refractivity contribution in [3.8, 4) is 0 Å². The van der Waals surface area contributed by atoms with Gasteiger partial charge in [-0.1, -0.05) is 0 Å². The molecule has 2 amide bonds. The second-order valence-corrected chi connectivity index (χ2v) is 3.21. The molecule has 1 aliphatic heterocycles. The third kappa shape index (κ3) is 1.29. The summed E-state index contributed by atoms with van der Waals surface area (Å²) in [5, 5.41) is 12.1. The Labute approximate surface area is 83.1 Å². The van der Waals surface area contributed by atoms with Gasteiger partial charge in [0.25, 0.3) is 5.70 Å². The Kier molecular flexibility index (Phi) is 1.85. The maximum absolute atomic E-state index is 10.8. The van der Waals surface area contributed by atoms with E-state index in [0.29, 0.717) is 5.70 Å². The van der Waals surface area contributed by atoms with Gasteiger partial charge in [0, 0.05) is 6.08 Å². The first-order chi connectivity index (χ1) is 6.58. The lowest BCUT2D eigenvalue weighted by Crippen LogP contribution is -2.22. The van der Waals surface area contributed by atoms with Gasteiger partial charge in [0.2, 0.25) is 0 Å². The van der Waals surface area contributed by atoms with Crippen LogP contribution in [0.15, 0.2) is 28.5 Å². The van der Waals surface area contributed by atoms with Crippen LogP contribution in [0.2, 0.25) is 0 Å². The lowest BCUT2D eigenvalue weighted by Gasteiger charge is -2.09. The summed E-state index contributed by atoms with van der Waals surface area (Å²) in [6, 6.07) is -0.532. The maximum Gasteiger partial charge on any atom is 0.346 e. The van der Waals surface area contributed by atoms with E-state index in [2.05, 4.69) is 10.3 Å². The summed E-state index contributed by atoms with van der Waals surface area (Å²) in [4.78, 5) is 24.3. The van der Waals surface area contributed by atoms with E-state index in [0.717, 1.165) is 0 Å². The second kappa shape index (κ2) is 2.91. The van der Waals surface area contributed by atoms with E-state index >= 15 is 0 Å². The summed E-state index contributed by atoms with van der Waals surface area (Å²) in [5.74, 6) is 0. The fourth-order valence-electron chi connectivity index (χ4n) is 1.22. The van der Waals surface area contributed by atoms with Crippen molar-refractivity contribution in [3.63, 3.8) is 0 Å². The van der Waals surface area contributed by atoms with Gasteiger partial charge in [-0.25, -0.2) is 4.79 Å². The van der Waals surface area contributed by atoms with Crippen molar-refractivity contribution < 1.29 is 9.72 Å². The molecular formula is C7H4ClN3O3. The van der Waals surface area contributed by atoms with E-state index in [1.165, 1.54) is 12.2 Å². The molecule has 0 fully saturated rings. The zero-order valence-electron chi connectivity index (χ0n) is 6.73. The number of alkyl halides is 1. The third-order valence-corrected chi connectivity index (χ3v) is 2.18. The van der Waals surface area contributed by atoms with Crippen LogP contribution in [0.25, 0.3) is 0 Å². The highest BCUT2D eigenvalue weighted by atomic mass is 35.5. The Hall–Kier alpha value is -1.69. The Morgan fingerprint density at radius 3 is 3.00 bits per heavy atom. The average molecular weight is 214 g/mol. The summed E-state index contributed by atoms with van der Waals surface area (Å²) in [6.45, 7) is 0. The van der Waals surface area contributed by atoms with E-state index in [1.807, 2.05) is 0 Å². The summed E-state index contributed by atoms with van der Waals surface area (Å²) >= 11 is 5.70. The molecule has 6 nitrogen and oxygen atoms in total. The number of fused-ring (bicyclic) bond motifs is 1. The normalized spacial score (nSPS) is 24.5. The molecule has 2 aliphatic rings. The third-order valence-electron chi connectivity index (χ3n) is 1.83. The Morgan fingerprint density at radius 1 is 1.64 bits per heavy atom. The highest BCUT2D eigenvalue weighted by Gasteiger charge is 2.31. The van der Waals surface area contributed by atoms with Gasteiger partial charge >= 0.3 is 6.03 Å². The first-order valence-electron chi connectivity index (χ1n) is 3.70. The lowest BCUT2D eigenvalue weighted by molar-refractivity contribution is -0.426. The van der Waals surface area contributed by atoms with E-state index in [9.17, 15) is 14.9 Å². The number of hydrogen-bond acceptors (Lipinski definition) is 3. The van der Waals surface area contributed by atoms with Gasteiger partial charge in [0.15, 0.2) is 0 Å². The number of carbonyl (C=O) groups excluding carboxylic acids is 1. The number of nitrogens with one attached hydrogen (secondary N) is 1. The molecule has 0 saturated carbocycles. The van der Waals surface area contributed by atoms with Crippen molar-refractivity contribution in [2.45, 2.75) is 5.38 Å². The fraction of sp³-hybridized carbons (Fsp3) is 0.143. The van der Waals surface area contributed by atoms with Crippen molar-refractivity contribution in [2.24, 2.45) is 4.99 Å². The SMILES string of the molecule is O=C1N=C2C=C([N+](=O)[O-])C(Cl)C=C2N1. The molecule has 1 N–H and O–H groups in total. The van der Waals surface area contributed by atoms with Crippen LogP contribution >= 0.6 is 11.6 Å². The Morgan fingerprint density at radius 2 is 2.36 bits per heavy atom. The van der Waals surface area contributed by atoms with Gasteiger partial charge in [-0.2, -0.15) is 4.99 Å². The minimum Gasteiger partial charge on any atom is -0.304 e. The number of urea groups is 1. The van der Waals surface area contributed by atoms with Gasteiger partial charge in [-0.3, -0.25) is 10.1 Å². The van der Waals surface area contributed by atoms with E-state index in [4.69, 9.17) is 11.6 Å². The molecule has 0 aromatic carbocycles. The molecule has 0 bridgehead atoms. The van der Waals surface area contributed by atoms with Crippen molar-refractivity contribution in [3.05, 3.63) is 33.7 Å². The van der Waals surface area contributed by atoms with Crippen molar-refractivity contribution in [2.75, 3.05) is 0 Å². The molecule has 0 spiro atoms. The van der Waals surface area contributed by atoms with Gasteiger partial charge < -0.3 is 5.32 Å². The predicted octanol–water partition coefficient (Wildman–Crippen LogP) is 0.816. The van der Waals surface area contributed by atoms with Crippen LogP contribution in [0, 0.1) is 10.1 Å². The minimum atomic E-state index is -0.836. The second-order valence-electron chi connectivity index (χ2n) is 2.74. The van der Waals surface area contributed by atoms with E-state index in [1.54, 1.807) is 0 Å². The highest BCUT2D eigenvalue weighted by Crippen LogP contribution is 2.22. The Balaban J connectivity index is 2.43. The first kappa shape index (κ1) is 8.89. The minimum absolute atomic E-state index is 0.175. The fourth-order valence-corrected chi connectivity index (χ4v) is 1.49. The van der Waals surface area contributed by atoms with Crippen LogP contribution < -0.4 is 5.32 Å². The quantitative estimate of drug-likeness (QED) is 0.397. The van der Waals surface area contributed by atoms with Gasteiger partial charge in [-0.05, 0) is 6.08 Å². The van der Waals surface area contributed by atoms with Crippen molar-refractivity contribution in [1.82, 2.24) is 5.32 Å². The summed E-state index contributed by atoms with van der Waals surface area (Å²) in [5.41, 5.74) is 0.518. The maximum atomic E-state index is 10.8. The summed E-state index contributed by atoms with van der Waals surface area (Å²) in [6.07, 6.45) is 2.59. The van der Waals surface area contributed by atoms with Crippen LogP contribution in [0.5, 0.6) is 0 Å². The lowest BCUT2D eigenvalue weighted by atomic mass is 10.1.